The summed E-state index contributed by atoms with van der Waals surface area (Å²) in [6.07, 6.45) is 1.16. The van der Waals surface area contributed by atoms with Crippen LogP contribution in [0.25, 0.3) is 0 Å². The van der Waals surface area contributed by atoms with Gasteiger partial charge in [0.2, 0.25) is 0 Å². The first kappa shape index (κ1) is 13.7. The maximum Gasteiger partial charge on any atom is 0.111 e. The SMILES string of the molecule is CCCNC(c1nc(C)c(C)s1)C(C)(C)C. The van der Waals surface area contributed by atoms with E-state index in [1.54, 1.807) is 0 Å². The van der Waals surface area contributed by atoms with Gasteiger partial charge < -0.3 is 5.32 Å². The number of nitrogens with zero attached hydrogens (tertiary/aromatic N) is 1. The van der Waals surface area contributed by atoms with E-state index in [1.807, 2.05) is 11.3 Å². The van der Waals surface area contributed by atoms with E-state index in [2.05, 4.69) is 51.8 Å². The molecule has 0 aromatic carbocycles. The van der Waals surface area contributed by atoms with Gasteiger partial charge in [-0.05, 0) is 32.2 Å². The molecule has 2 nitrogen and oxygen atoms in total. The second kappa shape index (κ2) is 5.28. The second-order valence-corrected chi connectivity index (χ2v) is 6.68. The van der Waals surface area contributed by atoms with Crippen molar-refractivity contribution in [3.63, 3.8) is 0 Å². The fraction of sp³-hybridized carbons (Fsp3) is 0.769. The molecule has 0 aliphatic rings. The number of nitrogens with one attached hydrogen (secondary N) is 1. The van der Waals surface area contributed by atoms with E-state index in [0.717, 1.165) is 13.0 Å². The summed E-state index contributed by atoms with van der Waals surface area (Å²) in [5.74, 6) is 0. The van der Waals surface area contributed by atoms with E-state index in [0.29, 0.717) is 6.04 Å². The summed E-state index contributed by atoms with van der Waals surface area (Å²) < 4.78 is 0. The lowest BCUT2D eigenvalue weighted by molar-refractivity contribution is 0.272. The molecule has 1 atom stereocenters. The van der Waals surface area contributed by atoms with Crippen LogP contribution in [-0.2, 0) is 0 Å². The molecule has 0 bridgehead atoms. The summed E-state index contributed by atoms with van der Waals surface area (Å²) in [4.78, 5) is 6.02. The molecule has 92 valence electrons. The maximum atomic E-state index is 4.69. The number of aromatic nitrogens is 1. The maximum absolute atomic E-state index is 4.69. The Balaban J connectivity index is 2.92. The summed E-state index contributed by atoms with van der Waals surface area (Å²) in [6, 6.07) is 0.366. The molecule has 1 heterocycles. The van der Waals surface area contributed by atoms with Crippen LogP contribution in [0.15, 0.2) is 0 Å². The fourth-order valence-corrected chi connectivity index (χ4v) is 2.92. The van der Waals surface area contributed by atoms with E-state index in [4.69, 9.17) is 0 Å². The van der Waals surface area contributed by atoms with Crippen molar-refractivity contribution in [2.45, 2.75) is 54.0 Å². The Hall–Kier alpha value is -0.410. The van der Waals surface area contributed by atoms with Crippen LogP contribution in [0.1, 0.15) is 55.7 Å². The summed E-state index contributed by atoms with van der Waals surface area (Å²) in [5, 5.41) is 4.85. The zero-order chi connectivity index (χ0) is 12.3. The van der Waals surface area contributed by atoms with Gasteiger partial charge in [-0.25, -0.2) is 4.98 Å². The molecule has 1 rings (SSSR count). The first-order chi connectivity index (χ1) is 7.36. The molecule has 0 aliphatic carbocycles. The molecule has 1 aromatic rings. The third-order valence-corrected chi connectivity index (χ3v) is 3.89. The molecule has 0 spiro atoms. The second-order valence-electron chi connectivity index (χ2n) is 5.45. The fourth-order valence-electron chi connectivity index (χ4n) is 1.67. The Bertz CT molecular complexity index is 317. The Morgan fingerprint density at radius 1 is 1.31 bits per heavy atom. The standard InChI is InChI=1S/C13H24N2S/c1-7-8-14-11(13(4,5)6)12-15-9(2)10(3)16-12/h11,14H,7-8H2,1-6H3. The number of hydrogen-bond donors (Lipinski definition) is 1. The molecule has 3 heteroatoms. The van der Waals surface area contributed by atoms with Crippen LogP contribution >= 0.6 is 11.3 Å². The largest absolute Gasteiger partial charge is 0.308 e. The van der Waals surface area contributed by atoms with Crippen molar-refractivity contribution in [3.8, 4) is 0 Å². The van der Waals surface area contributed by atoms with Crippen LogP contribution in [0.2, 0.25) is 0 Å². The summed E-state index contributed by atoms with van der Waals surface area (Å²) in [5.41, 5.74) is 1.39. The Morgan fingerprint density at radius 3 is 2.31 bits per heavy atom. The van der Waals surface area contributed by atoms with Crippen LogP contribution < -0.4 is 5.32 Å². The Kier molecular flexibility index (Phi) is 4.51. The van der Waals surface area contributed by atoms with Crippen molar-refractivity contribution >= 4 is 11.3 Å². The van der Waals surface area contributed by atoms with E-state index in [9.17, 15) is 0 Å². The van der Waals surface area contributed by atoms with Gasteiger partial charge in [0.25, 0.3) is 0 Å². The highest BCUT2D eigenvalue weighted by atomic mass is 32.1. The lowest BCUT2D eigenvalue weighted by Crippen LogP contribution is -2.32. The van der Waals surface area contributed by atoms with Gasteiger partial charge in [-0.3, -0.25) is 0 Å². The quantitative estimate of drug-likeness (QED) is 0.864. The number of thiazole rings is 1. The Morgan fingerprint density at radius 2 is 1.94 bits per heavy atom. The highest BCUT2D eigenvalue weighted by Gasteiger charge is 2.28. The average Bonchev–Trinajstić information content (AvgIpc) is 2.45. The van der Waals surface area contributed by atoms with Gasteiger partial charge in [-0.2, -0.15) is 0 Å². The van der Waals surface area contributed by atoms with Crippen molar-refractivity contribution in [3.05, 3.63) is 15.6 Å². The lowest BCUT2D eigenvalue weighted by Gasteiger charge is -2.30. The molecule has 0 saturated carbocycles. The lowest BCUT2D eigenvalue weighted by atomic mass is 9.87. The van der Waals surface area contributed by atoms with Crippen LogP contribution in [0.3, 0.4) is 0 Å². The third kappa shape index (κ3) is 3.29. The average molecular weight is 240 g/mol. The molecule has 0 saturated heterocycles. The minimum Gasteiger partial charge on any atom is -0.308 e. The van der Waals surface area contributed by atoms with Crippen molar-refractivity contribution in [1.82, 2.24) is 10.3 Å². The minimum atomic E-state index is 0.214. The van der Waals surface area contributed by atoms with Crippen LogP contribution in [0.4, 0.5) is 0 Å². The molecular formula is C13H24N2S. The molecule has 0 aliphatic heterocycles. The van der Waals surface area contributed by atoms with Crippen LogP contribution in [0, 0.1) is 19.3 Å². The number of aryl methyl sites for hydroxylation is 2. The molecule has 0 radical (unpaired) electrons. The molecule has 1 unspecified atom stereocenters. The summed E-state index contributed by atoms with van der Waals surface area (Å²) in [7, 11) is 0. The predicted octanol–water partition coefficient (Wildman–Crippen LogP) is 3.85. The summed E-state index contributed by atoms with van der Waals surface area (Å²) in [6.45, 7) is 14.3. The van der Waals surface area contributed by atoms with Crippen molar-refractivity contribution in [2.75, 3.05) is 6.54 Å². The van der Waals surface area contributed by atoms with Gasteiger partial charge in [-0.1, -0.05) is 27.7 Å². The normalized spacial score (nSPS) is 14.1. The van der Waals surface area contributed by atoms with E-state index in [-0.39, 0.29) is 5.41 Å². The molecule has 0 fully saturated rings. The van der Waals surface area contributed by atoms with Crippen molar-refractivity contribution < 1.29 is 0 Å². The smallest absolute Gasteiger partial charge is 0.111 e. The van der Waals surface area contributed by atoms with Gasteiger partial charge in [0.15, 0.2) is 0 Å². The highest BCUT2D eigenvalue weighted by Crippen LogP contribution is 2.35. The topological polar surface area (TPSA) is 24.9 Å². The highest BCUT2D eigenvalue weighted by molar-refractivity contribution is 7.11. The van der Waals surface area contributed by atoms with E-state index in [1.165, 1.54) is 15.6 Å². The van der Waals surface area contributed by atoms with Gasteiger partial charge in [0.05, 0.1) is 11.7 Å². The van der Waals surface area contributed by atoms with Crippen molar-refractivity contribution in [1.29, 1.82) is 0 Å². The monoisotopic (exact) mass is 240 g/mol. The van der Waals surface area contributed by atoms with Gasteiger partial charge in [0.1, 0.15) is 5.01 Å². The molecule has 1 N–H and O–H groups in total. The number of rotatable bonds is 4. The van der Waals surface area contributed by atoms with Gasteiger partial charge >= 0.3 is 0 Å². The molecular weight excluding hydrogens is 216 g/mol. The van der Waals surface area contributed by atoms with Gasteiger partial charge in [-0.15, -0.1) is 11.3 Å². The minimum absolute atomic E-state index is 0.214. The van der Waals surface area contributed by atoms with Crippen molar-refractivity contribution in [2.24, 2.45) is 5.41 Å². The predicted molar refractivity (Wildman–Crippen MR) is 72.1 cm³/mol. The number of hydrogen-bond acceptors (Lipinski definition) is 3. The zero-order valence-corrected chi connectivity index (χ0v) is 12.2. The summed E-state index contributed by atoms with van der Waals surface area (Å²) >= 11 is 1.83. The molecule has 1 aromatic heterocycles. The van der Waals surface area contributed by atoms with Crippen LogP contribution in [-0.4, -0.2) is 11.5 Å². The molecule has 16 heavy (non-hydrogen) atoms. The molecule has 0 amide bonds. The first-order valence-electron chi connectivity index (χ1n) is 6.03. The van der Waals surface area contributed by atoms with Gasteiger partial charge in [0, 0.05) is 4.88 Å². The first-order valence-corrected chi connectivity index (χ1v) is 6.85. The third-order valence-electron chi connectivity index (χ3n) is 2.76. The zero-order valence-electron chi connectivity index (χ0n) is 11.3. The van der Waals surface area contributed by atoms with E-state index < -0.39 is 0 Å². The van der Waals surface area contributed by atoms with E-state index >= 15 is 0 Å². The van der Waals surface area contributed by atoms with Crippen LogP contribution in [0.5, 0.6) is 0 Å². The Labute approximate surface area is 103 Å².